The number of aliphatic hydroxyl groups excluding tert-OH is 3. The molecule has 0 atom stereocenters. The van der Waals surface area contributed by atoms with Crippen molar-refractivity contribution >= 4 is 51.4 Å². The van der Waals surface area contributed by atoms with Gasteiger partial charge in [0.05, 0.1) is 19.8 Å². The molecule has 0 fully saturated rings. The Morgan fingerprint density at radius 1 is 0.727 bits per heavy atom. The van der Waals surface area contributed by atoms with Crippen LogP contribution in [0.5, 0.6) is 0 Å². The predicted molar refractivity (Wildman–Crippen MR) is 44.8 cm³/mol. The summed E-state index contributed by atoms with van der Waals surface area (Å²) >= 11 is 0. The van der Waals surface area contributed by atoms with Crippen LogP contribution in [-0.2, 0) is 0 Å². The van der Waals surface area contributed by atoms with Crippen molar-refractivity contribution in [3.63, 3.8) is 0 Å². The molecule has 0 bridgehead atoms. The van der Waals surface area contributed by atoms with Crippen LogP contribution >= 0.6 is 0 Å². The number of nitrogens with zero attached hydrogens (tertiary/aromatic N) is 1. The third-order valence-electron chi connectivity index (χ3n) is 1.25. The molecule has 0 heterocycles. The zero-order valence-electron chi connectivity index (χ0n) is 6.03. The van der Waals surface area contributed by atoms with Gasteiger partial charge in [-0.25, -0.2) is 0 Å². The molecule has 0 amide bonds. The van der Waals surface area contributed by atoms with Gasteiger partial charge in [-0.15, -0.1) is 0 Å². The minimum atomic E-state index is 0. The number of hydrogen-bond donors (Lipinski definition) is 3. The van der Waals surface area contributed by atoms with Crippen LogP contribution in [0, 0.1) is 0 Å². The quantitative estimate of drug-likeness (QED) is 0.408. The molecule has 0 saturated heterocycles. The van der Waals surface area contributed by atoms with E-state index in [4.69, 9.17) is 15.3 Å². The van der Waals surface area contributed by atoms with Crippen LogP contribution in [0.15, 0.2) is 0 Å². The zero-order chi connectivity index (χ0) is 7.82. The summed E-state index contributed by atoms with van der Waals surface area (Å²) in [6.45, 7) is 1.75. The first-order valence-corrected chi connectivity index (χ1v) is 3.40. The summed E-state index contributed by atoms with van der Waals surface area (Å²) in [6, 6.07) is 0. The SMILES string of the molecule is OCCN(CCO)CCO.[KH]. The summed E-state index contributed by atoms with van der Waals surface area (Å²) in [7, 11) is 0. The summed E-state index contributed by atoms with van der Waals surface area (Å²) in [6.07, 6.45) is 0. The van der Waals surface area contributed by atoms with Gasteiger partial charge < -0.3 is 15.3 Å². The Bertz CT molecular complexity index is 60.6. The first kappa shape index (κ1) is 15.0. The van der Waals surface area contributed by atoms with Gasteiger partial charge in [-0.3, -0.25) is 4.90 Å². The van der Waals surface area contributed by atoms with Gasteiger partial charge in [-0.05, 0) is 0 Å². The second kappa shape index (κ2) is 11.5. The summed E-state index contributed by atoms with van der Waals surface area (Å²) in [5.41, 5.74) is 0. The fraction of sp³-hybridized carbons (Fsp3) is 1.00. The second-order valence-electron chi connectivity index (χ2n) is 2.01. The van der Waals surface area contributed by atoms with Crippen LogP contribution in [0.4, 0.5) is 0 Å². The maximum atomic E-state index is 8.48. The van der Waals surface area contributed by atoms with Crippen LogP contribution in [0.1, 0.15) is 0 Å². The molecular formula is C6H16KNO3. The molecule has 0 unspecified atom stereocenters. The second-order valence-corrected chi connectivity index (χ2v) is 2.01. The average molecular weight is 189 g/mol. The normalized spacial score (nSPS) is 9.82. The molecule has 0 spiro atoms. The van der Waals surface area contributed by atoms with Gasteiger partial charge >= 0.3 is 51.4 Å². The molecule has 11 heavy (non-hydrogen) atoms. The van der Waals surface area contributed by atoms with Crippen LogP contribution in [0.25, 0.3) is 0 Å². The van der Waals surface area contributed by atoms with Crippen molar-refractivity contribution in [1.82, 2.24) is 4.90 Å². The molecule has 0 rings (SSSR count). The van der Waals surface area contributed by atoms with Gasteiger partial charge in [0.1, 0.15) is 0 Å². The van der Waals surface area contributed by atoms with Crippen LogP contribution in [-0.4, -0.2) is 111 Å². The third kappa shape index (κ3) is 9.39. The van der Waals surface area contributed by atoms with Gasteiger partial charge in [0.15, 0.2) is 0 Å². The number of aliphatic hydroxyl groups is 3. The Balaban J connectivity index is 0. The van der Waals surface area contributed by atoms with E-state index in [9.17, 15) is 0 Å². The average Bonchev–Trinajstić information content (AvgIpc) is 1.90. The summed E-state index contributed by atoms with van der Waals surface area (Å²) in [4.78, 5) is 1.79. The molecule has 4 nitrogen and oxygen atoms in total. The van der Waals surface area contributed by atoms with E-state index in [2.05, 4.69) is 0 Å². The molecule has 0 aromatic heterocycles. The van der Waals surface area contributed by atoms with Crippen molar-refractivity contribution in [3.05, 3.63) is 0 Å². The Morgan fingerprint density at radius 2 is 1.00 bits per heavy atom. The standard InChI is InChI=1S/C6H15NO3.K.H/c8-4-1-7(2-5-9)3-6-10;;/h8-10H,1-6H2;;. The maximum absolute atomic E-state index is 8.48. The van der Waals surface area contributed by atoms with Crippen LogP contribution in [0.3, 0.4) is 0 Å². The van der Waals surface area contributed by atoms with Crippen molar-refractivity contribution in [3.8, 4) is 0 Å². The predicted octanol–water partition coefficient (Wildman–Crippen LogP) is -2.38. The first-order valence-electron chi connectivity index (χ1n) is 3.40. The van der Waals surface area contributed by atoms with Crippen molar-refractivity contribution in [1.29, 1.82) is 0 Å². The Hall–Kier alpha value is 1.48. The molecule has 0 aliphatic heterocycles. The van der Waals surface area contributed by atoms with E-state index in [0.29, 0.717) is 19.6 Å². The topological polar surface area (TPSA) is 63.9 Å². The molecule has 0 aromatic rings. The minimum absolute atomic E-state index is 0. The van der Waals surface area contributed by atoms with Gasteiger partial charge in [-0.2, -0.15) is 0 Å². The van der Waals surface area contributed by atoms with Crippen molar-refractivity contribution in [2.24, 2.45) is 0 Å². The zero-order valence-corrected chi connectivity index (χ0v) is 6.03. The first-order chi connectivity index (χ1) is 4.85. The Morgan fingerprint density at radius 3 is 1.18 bits per heavy atom. The fourth-order valence-electron chi connectivity index (χ4n) is 0.760. The molecule has 0 aliphatic carbocycles. The van der Waals surface area contributed by atoms with Gasteiger partial charge in [0.2, 0.25) is 0 Å². The summed E-state index contributed by atoms with van der Waals surface area (Å²) in [5, 5.41) is 25.5. The molecule has 5 heteroatoms. The van der Waals surface area contributed by atoms with Gasteiger partial charge in [-0.1, -0.05) is 0 Å². The summed E-state index contributed by atoms with van der Waals surface area (Å²) < 4.78 is 0. The molecule has 0 saturated carbocycles. The van der Waals surface area contributed by atoms with Gasteiger partial charge in [0.25, 0.3) is 0 Å². The monoisotopic (exact) mass is 189 g/mol. The molecule has 0 radical (unpaired) electrons. The van der Waals surface area contributed by atoms with Crippen LogP contribution < -0.4 is 0 Å². The fourth-order valence-corrected chi connectivity index (χ4v) is 0.760. The Labute approximate surface area is 110 Å². The molecular weight excluding hydrogens is 173 g/mol. The van der Waals surface area contributed by atoms with E-state index in [1.165, 1.54) is 0 Å². The van der Waals surface area contributed by atoms with E-state index in [0.717, 1.165) is 0 Å². The van der Waals surface area contributed by atoms with E-state index < -0.39 is 0 Å². The third-order valence-corrected chi connectivity index (χ3v) is 1.25. The number of hydrogen-bond acceptors (Lipinski definition) is 4. The van der Waals surface area contributed by atoms with Crippen LogP contribution in [0.2, 0.25) is 0 Å². The van der Waals surface area contributed by atoms with E-state index in [1.54, 1.807) is 4.90 Å². The summed E-state index contributed by atoms with van der Waals surface area (Å²) in [5.74, 6) is 0. The Kier molecular flexibility index (Phi) is 15.6. The molecule has 0 aromatic carbocycles. The van der Waals surface area contributed by atoms with Crippen molar-refractivity contribution in [2.45, 2.75) is 0 Å². The van der Waals surface area contributed by atoms with Crippen molar-refractivity contribution in [2.75, 3.05) is 39.5 Å². The van der Waals surface area contributed by atoms with E-state index >= 15 is 0 Å². The number of rotatable bonds is 6. The van der Waals surface area contributed by atoms with E-state index in [1.807, 2.05) is 0 Å². The molecule has 0 aliphatic rings. The molecule has 3 N–H and O–H groups in total. The van der Waals surface area contributed by atoms with E-state index in [-0.39, 0.29) is 71.2 Å². The van der Waals surface area contributed by atoms with Crippen molar-refractivity contribution < 1.29 is 15.3 Å². The van der Waals surface area contributed by atoms with Gasteiger partial charge in [0, 0.05) is 19.6 Å². The molecule has 64 valence electrons.